The van der Waals surface area contributed by atoms with Crippen molar-refractivity contribution in [3.8, 4) is 0 Å². The van der Waals surface area contributed by atoms with Gasteiger partial charge in [-0.3, -0.25) is 9.59 Å². The number of rotatable bonds is 3. The lowest BCUT2D eigenvalue weighted by molar-refractivity contribution is -0.125. The van der Waals surface area contributed by atoms with Gasteiger partial charge in [0.25, 0.3) is 0 Å². The maximum Gasteiger partial charge on any atom is 0.231 e. The highest BCUT2D eigenvalue weighted by Crippen LogP contribution is 2.38. The SMILES string of the molecule is CC(=O)Nc1ccc(C)c(NC(=O)C2(C)CCCC2N)c1. The Bertz CT molecular complexity index is 571. The number of hydrogen-bond acceptors (Lipinski definition) is 3. The Morgan fingerprint density at radius 3 is 2.62 bits per heavy atom. The summed E-state index contributed by atoms with van der Waals surface area (Å²) in [6.45, 7) is 5.30. The summed E-state index contributed by atoms with van der Waals surface area (Å²) in [4.78, 5) is 23.7. The number of carbonyl (C=O) groups is 2. The Morgan fingerprint density at radius 1 is 1.33 bits per heavy atom. The molecule has 5 nitrogen and oxygen atoms in total. The number of hydrogen-bond donors (Lipinski definition) is 3. The summed E-state index contributed by atoms with van der Waals surface area (Å²) in [6, 6.07) is 5.36. The van der Waals surface area contributed by atoms with Gasteiger partial charge >= 0.3 is 0 Å². The Hall–Kier alpha value is -1.88. The first kappa shape index (κ1) is 15.5. The first-order chi connectivity index (χ1) is 9.83. The highest BCUT2D eigenvalue weighted by atomic mass is 16.2. The minimum absolute atomic E-state index is 0.0458. The lowest BCUT2D eigenvalue weighted by Crippen LogP contribution is -2.44. The molecule has 2 atom stereocenters. The molecule has 1 saturated carbocycles. The van der Waals surface area contributed by atoms with Gasteiger partial charge in [0, 0.05) is 24.3 Å². The largest absolute Gasteiger partial charge is 0.327 e. The summed E-state index contributed by atoms with van der Waals surface area (Å²) in [6.07, 6.45) is 2.68. The number of amides is 2. The molecular formula is C16H23N3O2. The molecule has 2 unspecified atom stereocenters. The van der Waals surface area contributed by atoms with E-state index in [9.17, 15) is 9.59 Å². The van der Waals surface area contributed by atoms with Crippen molar-refractivity contribution in [3.05, 3.63) is 23.8 Å². The fraction of sp³-hybridized carbons (Fsp3) is 0.500. The first-order valence-corrected chi connectivity index (χ1v) is 7.28. The first-order valence-electron chi connectivity index (χ1n) is 7.28. The predicted molar refractivity (Wildman–Crippen MR) is 84.0 cm³/mol. The highest BCUT2D eigenvalue weighted by molar-refractivity contribution is 5.97. The van der Waals surface area contributed by atoms with Crippen LogP contribution < -0.4 is 16.4 Å². The number of nitrogens with two attached hydrogens (primary N) is 1. The standard InChI is InChI=1S/C16H23N3O2/c1-10-6-7-12(18-11(2)20)9-13(10)19-15(21)16(3)8-4-5-14(16)17/h6-7,9,14H,4-5,8,17H2,1-3H3,(H,18,20)(H,19,21). The van der Waals surface area contributed by atoms with Gasteiger partial charge in [0.1, 0.15) is 0 Å². The van der Waals surface area contributed by atoms with Crippen LogP contribution in [0.5, 0.6) is 0 Å². The van der Waals surface area contributed by atoms with Crippen LogP contribution in [0.3, 0.4) is 0 Å². The van der Waals surface area contributed by atoms with Gasteiger partial charge in [0.2, 0.25) is 11.8 Å². The summed E-state index contributed by atoms with van der Waals surface area (Å²) < 4.78 is 0. The van der Waals surface area contributed by atoms with Gasteiger partial charge in [0.15, 0.2) is 0 Å². The maximum absolute atomic E-state index is 12.6. The molecule has 0 aromatic heterocycles. The molecule has 21 heavy (non-hydrogen) atoms. The molecular weight excluding hydrogens is 266 g/mol. The topological polar surface area (TPSA) is 84.2 Å². The van der Waals surface area contributed by atoms with Crippen molar-refractivity contribution in [2.45, 2.75) is 46.1 Å². The lowest BCUT2D eigenvalue weighted by Gasteiger charge is -2.28. The van der Waals surface area contributed by atoms with E-state index in [0.29, 0.717) is 11.4 Å². The third-order valence-corrected chi connectivity index (χ3v) is 4.35. The zero-order chi connectivity index (χ0) is 15.6. The number of carbonyl (C=O) groups excluding carboxylic acids is 2. The van der Waals surface area contributed by atoms with Crippen LogP contribution in [0.4, 0.5) is 11.4 Å². The van der Waals surface area contributed by atoms with Crippen molar-refractivity contribution >= 4 is 23.2 Å². The molecule has 1 fully saturated rings. The van der Waals surface area contributed by atoms with Crippen LogP contribution in [0.25, 0.3) is 0 Å². The van der Waals surface area contributed by atoms with Crippen LogP contribution in [0.1, 0.15) is 38.7 Å². The normalized spacial score (nSPS) is 24.7. The Labute approximate surface area is 125 Å². The fourth-order valence-electron chi connectivity index (χ4n) is 2.78. The maximum atomic E-state index is 12.6. The van der Waals surface area contributed by atoms with E-state index in [2.05, 4.69) is 10.6 Å². The molecule has 4 N–H and O–H groups in total. The molecule has 0 aliphatic heterocycles. The van der Waals surface area contributed by atoms with Gasteiger partial charge in [0.05, 0.1) is 5.41 Å². The number of benzene rings is 1. The van der Waals surface area contributed by atoms with Gasteiger partial charge in [-0.05, 0) is 44.4 Å². The second kappa shape index (κ2) is 5.85. The third kappa shape index (κ3) is 3.24. The molecule has 2 rings (SSSR count). The molecule has 0 spiro atoms. The van der Waals surface area contributed by atoms with Crippen LogP contribution in [-0.2, 0) is 9.59 Å². The molecule has 0 saturated heterocycles. The van der Waals surface area contributed by atoms with E-state index in [-0.39, 0.29) is 17.9 Å². The summed E-state index contributed by atoms with van der Waals surface area (Å²) in [5.74, 6) is -0.184. The van der Waals surface area contributed by atoms with Gasteiger partial charge < -0.3 is 16.4 Å². The second-order valence-corrected chi connectivity index (χ2v) is 6.08. The molecule has 1 aromatic rings. The van der Waals surface area contributed by atoms with E-state index in [0.717, 1.165) is 24.8 Å². The molecule has 114 valence electrons. The van der Waals surface area contributed by atoms with Crippen LogP contribution in [-0.4, -0.2) is 17.9 Å². The monoisotopic (exact) mass is 289 g/mol. The van der Waals surface area contributed by atoms with Crippen molar-refractivity contribution < 1.29 is 9.59 Å². The van der Waals surface area contributed by atoms with E-state index >= 15 is 0 Å². The molecule has 0 heterocycles. The summed E-state index contributed by atoms with van der Waals surface area (Å²) >= 11 is 0. The van der Waals surface area contributed by atoms with Gasteiger partial charge in [-0.1, -0.05) is 12.5 Å². The summed E-state index contributed by atoms with van der Waals surface area (Å²) in [5, 5.41) is 5.69. The number of nitrogens with one attached hydrogen (secondary N) is 2. The summed E-state index contributed by atoms with van der Waals surface area (Å²) in [7, 11) is 0. The van der Waals surface area contributed by atoms with Gasteiger partial charge in [-0.15, -0.1) is 0 Å². The summed E-state index contributed by atoms with van der Waals surface area (Å²) in [5.41, 5.74) is 7.90. The molecule has 5 heteroatoms. The van der Waals surface area contributed by atoms with Gasteiger partial charge in [-0.2, -0.15) is 0 Å². The molecule has 0 radical (unpaired) electrons. The van der Waals surface area contributed by atoms with E-state index in [1.807, 2.05) is 26.0 Å². The minimum Gasteiger partial charge on any atom is -0.327 e. The van der Waals surface area contributed by atoms with Crippen molar-refractivity contribution in [2.24, 2.45) is 11.1 Å². The van der Waals surface area contributed by atoms with Crippen molar-refractivity contribution in [1.82, 2.24) is 0 Å². The van der Waals surface area contributed by atoms with Crippen LogP contribution in [0.15, 0.2) is 18.2 Å². The van der Waals surface area contributed by atoms with Crippen molar-refractivity contribution in [2.75, 3.05) is 10.6 Å². The average Bonchev–Trinajstić information content (AvgIpc) is 2.74. The molecule has 2 amide bonds. The predicted octanol–water partition coefficient (Wildman–Crippen LogP) is 2.41. The third-order valence-electron chi connectivity index (χ3n) is 4.35. The quantitative estimate of drug-likeness (QED) is 0.799. The number of anilines is 2. The van der Waals surface area contributed by atoms with Crippen molar-refractivity contribution in [1.29, 1.82) is 0 Å². The highest BCUT2D eigenvalue weighted by Gasteiger charge is 2.43. The van der Waals surface area contributed by atoms with Gasteiger partial charge in [-0.25, -0.2) is 0 Å². The Morgan fingerprint density at radius 2 is 2.05 bits per heavy atom. The van der Waals surface area contributed by atoms with Crippen LogP contribution in [0.2, 0.25) is 0 Å². The average molecular weight is 289 g/mol. The van der Waals surface area contributed by atoms with E-state index in [4.69, 9.17) is 5.73 Å². The Kier molecular flexibility index (Phi) is 4.32. The van der Waals surface area contributed by atoms with Crippen molar-refractivity contribution in [3.63, 3.8) is 0 Å². The fourth-order valence-corrected chi connectivity index (χ4v) is 2.78. The number of aryl methyl sites for hydroxylation is 1. The van der Waals surface area contributed by atoms with Crippen LogP contribution in [0, 0.1) is 12.3 Å². The second-order valence-electron chi connectivity index (χ2n) is 6.08. The molecule has 1 aromatic carbocycles. The molecule has 0 bridgehead atoms. The van der Waals surface area contributed by atoms with E-state index < -0.39 is 5.41 Å². The minimum atomic E-state index is -0.517. The lowest BCUT2D eigenvalue weighted by atomic mass is 9.84. The molecule has 1 aliphatic carbocycles. The zero-order valence-electron chi connectivity index (χ0n) is 12.8. The molecule has 1 aliphatic rings. The van der Waals surface area contributed by atoms with Crippen LogP contribution >= 0.6 is 0 Å². The van der Waals surface area contributed by atoms with E-state index in [1.54, 1.807) is 6.07 Å². The van der Waals surface area contributed by atoms with E-state index in [1.165, 1.54) is 6.92 Å². The smallest absolute Gasteiger partial charge is 0.231 e. The zero-order valence-corrected chi connectivity index (χ0v) is 12.8. The Balaban J connectivity index is 2.18.